The Kier molecular flexibility index (Phi) is 5.82. The van der Waals surface area contributed by atoms with Gasteiger partial charge in [0.2, 0.25) is 11.8 Å². The van der Waals surface area contributed by atoms with Crippen molar-refractivity contribution >= 4 is 11.8 Å². The number of carbonyl (C=O) groups excluding carboxylic acids is 2. The van der Waals surface area contributed by atoms with Gasteiger partial charge in [0.1, 0.15) is 0 Å². The Balaban J connectivity index is 1.49. The third-order valence-corrected chi connectivity index (χ3v) is 7.19. The van der Waals surface area contributed by atoms with Gasteiger partial charge in [0.15, 0.2) is 0 Å². The smallest absolute Gasteiger partial charge is 0.339 e. The monoisotopic (exact) mass is 422 g/mol. The summed E-state index contributed by atoms with van der Waals surface area (Å²) in [7, 11) is 0. The van der Waals surface area contributed by atoms with E-state index in [-0.39, 0.29) is 17.7 Å². The Labute approximate surface area is 175 Å². The molecule has 1 aromatic rings. The van der Waals surface area contributed by atoms with Gasteiger partial charge in [0.05, 0.1) is 11.0 Å². The quantitative estimate of drug-likeness (QED) is 0.726. The van der Waals surface area contributed by atoms with Crippen LogP contribution in [0.15, 0.2) is 24.3 Å². The summed E-state index contributed by atoms with van der Waals surface area (Å²) in [5.74, 6) is 0.249. The molecule has 1 heterocycles. The van der Waals surface area contributed by atoms with Crippen LogP contribution in [0, 0.1) is 5.92 Å². The van der Waals surface area contributed by atoms with E-state index in [2.05, 4.69) is 0 Å². The highest BCUT2D eigenvalue weighted by molar-refractivity contribution is 5.89. The summed E-state index contributed by atoms with van der Waals surface area (Å²) in [5, 5.41) is 0. The van der Waals surface area contributed by atoms with E-state index in [1.807, 2.05) is 4.90 Å². The Morgan fingerprint density at radius 2 is 1.50 bits per heavy atom. The number of alkyl halides is 3. The molecule has 2 aliphatic carbocycles. The summed E-state index contributed by atoms with van der Waals surface area (Å²) in [6.07, 6.45) is 2.52. The molecule has 164 valence electrons. The zero-order valence-electron chi connectivity index (χ0n) is 17.2. The molecule has 0 bridgehead atoms. The first-order valence-electron chi connectivity index (χ1n) is 11.1. The minimum absolute atomic E-state index is 0.0766. The summed E-state index contributed by atoms with van der Waals surface area (Å²) in [6.45, 7) is 1.94. The van der Waals surface area contributed by atoms with Gasteiger partial charge >= 0.3 is 6.18 Å². The fourth-order valence-corrected chi connectivity index (χ4v) is 5.46. The van der Waals surface area contributed by atoms with Crippen LogP contribution in [0.25, 0.3) is 0 Å². The van der Waals surface area contributed by atoms with Gasteiger partial charge in [-0.05, 0) is 37.3 Å². The van der Waals surface area contributed by atoms with Crippen LogP contribution in [0.3, 0.4) is 0 Å². The van der Waals surface area contributed by atoms with Crippen LogP contribution in [-0.2, 0) is 21.2 Å². The van der Waals surface area contributed by atoms with E-state index in [1.165, 1.54) is 6.07 Å². The molecule has 1 aliphatic heterocycles. The van der Waals surface area contributed by atoms with Gasteiger partial charge in [-0.3, -0.25) is 9.59 Å². The molecule has 0 radical (unpaired) electrons. The maximum atomic E-state index is 13.6. The number of hydrogen-bond donors (Lipinski definition) is 0. The molecule has 4 nitrogen and oxygen atoms in total. The molecule has 3 aliphatic rings. The fourth-order valence-electron chi connectivity index (χ4n) is 5.46. The number of amides is 2. The SMILES string of the molecule is O=C(C1CCCC1)N1CCN(C(=O)C2(c3cccc(C(F)(F)F)c3)CCCC2)CC1. The first-order chi connectivity index (χ1) is 14.3. The molecule has 7 heteroatoms. The minimum Gasteiger partial charge on any atom is -0.339 e. The van der Waals surface area contributed by atoms with Crippen LogP contribution < -0.4 is 0 Å². The summed E-state index contributed by atoms with van der Waals surface area (Å²) in [4.78, 5) is 29.9. The molecular weight excluding hydrogens is 393 g/mol. The number of piperazine rings is 1. The number of nitrogens with zero attached hydrogens (tertiary/aromatic N) is 2. The van der Waals surface area contributed by atoms with E-state index in [0.717, 1.165) is 50.7 Å². The number of halogens is 3. The molecule has 2 saturated carbocycles. The molecule has 1 aromatic carbocycles. The predicted octanol–water partition coefficient (Wildman–Crippen LogP) is 4.38. The average molecular weight is 422 g/mol. The third kappa shape index (κ3) is 3.95. The molecule has 2 amide bonds. The first-order valence-corrected chi connectivity index (χ1v) is 11.1. The second kappa shape index (κ2) is 8.23. The maximum Gasteiger partial charge on any atom is 0.416 e. The van der Waals surface area contributed by atoms with Gasteiger partial charge in [-0.15, -0.1) is 0 Å². The molecule has 1 saturated heterocycles. The van der Waals surface area contributed by atoms with Gasteiger partial charge in [-0.1, -0.05) is 43.9 Å². The highest BCUT2D eigenvalue weighted by atomic mass is 19.4. The van der Waals surface area contributed by atoms with Crippen molar-refractivity contribution in [3.8, 4) is 0 Å². The van der Waals surface area contributed by atoms with Gasteiger partial charge in [-0.2, -0.15) is 13.2 Å². The van der Waals surface area contributed by atoms with Gasteiger partial charge in [0, 0.05) is 32.1 Å². The molecule has 0 N–H and O–H groups in total. The molecule has 30 heavy (non-hydrogen) atoms. The molecule has 3 fully saturated rings. The topological polar surface area (TPSA) is 40.6 Å². The van der Waals surface area contributed by atoms with Gasteiger partial charge in [0.25, 0.3) is 0 Å². The van der Waals surface area contributed by atoms with E-state index in [9.17, 15) is 22.8 Å². The van der Waals surface area contributed by atoms with Crippen molar-refractivity contribution in [1.82, 2.24) is 9.80 Å². The van der Waals surface area contributed by atoms with Crippen molar-refractivity contribution in [3.63, 3.8) is 0 Å². The van der Waals surface area contributed by atoms with Crippen molar-refractivity contribution in [2.75, 3.05) is 26.2 Å². The van der Waals surface area contributed by atoms with Crippen LogP contribution in [0.2, 0.25) is 0 Å². The van der Waals surface area contributed by atoms with Crippen LogP contribution in [0.5, 0.6) is 0 Å². The summed E-state index contributed by atoms with van der Waals surface area (Å²) in [6, 6.07) is 5.29. The summed E-state index contributed by atoms with van der Waals surface area (Å²) >= 11 is 0. The minimum atomic E-state index is -4.43. The lowest BCUT2D eigenvalue weighted by atomic mass is 9.76. The van der Waals surface area contributed by atoms with Crippen molar-refractivity contribution in [3.05, 3.63) is 35.4 Å². The Morgan fingerprint density at radius 3 is 2.10 bits per heavy atom. The Bertz CT molecular complexity index is 788. The molecular formula is C23H29F3N2O2. The predicted molar refractivity (Wildman–Crippen MR) is 107 cm³/mol. The molecule has 4 rings (SSSR count). The number of rotatable bonds is 3. The summed E-state index contributed by atoms with van der Waals surface area (Å²) < 4.78 is 39.7. The normalized spacial score (nSPS) is 22.5. The van der Waals surface area contributed by atoms with E-state index in [4.69, 9.17) is 0 Å². The average Bonchev–Trinajstić information content (AvgIpc) is 3.45. The van der Waals surface area contributed by atoms with Crippen molar-refractivity contribution in [2.24, 2.45) is 5.92 Å². The molecule has 0 spiro atoms. The molecule has 0 aromatic heterocycles. The Morgan fingerprint density at radius 1 is 0.900 bits per heavy atom. The maximum absolute atomic E-state index is 13.6. The highest BCUT2D eigenvalue weighted by Crippen LogP contribution is 2.44. The van der Waals surface area contributed by atoms with Crippen LogP contribution in [0.4, 0.5) is 13.2 Å². The highest BCUT2D eigenvalue weighted by Gasteiger charge is 2.46. The second-order valence-corrected chi connectivity index (χ2v) is 8.97. The van der Waals surface area contributed by atoms with Crippen molar-refractivity contribution in [2.45, 2.75) is 63.0 Å². The number of benzene rings is 1. The van der Waals surface area contributed by atoms with Gasteiger partial charge in [-0.25, -0.2) is 0 Å². The lowest BCUT2D eigenvalue weighted by Gasteiger charge is -2.40. The van der Waals surface area contributed by atoms with E-state index in [1.54, 1.807) is 11.0 Å². The standard InChI is InChI=1S/C23H29F3N2O2/c24-23(25,26)19-9-5-8-18(16-19)22(10-3-4-11-22)21(30)28-14-12-27(13-15-28)20(29)17-6-1-2-7-17/h5,8-9,16-17H,1-4,6-7,10-15H2. The molecule has 0 unspecified atom stereocenters. The molecule has 0 atom stereocenters. The van der Waals surface area contributed by atoms with Crippen LogP contribution in [-0.4, -0.2) is 47.8 Å². The second-order valence-electron chi connectivity index (χ2n) is 8.97. The zero-order chi connectivity index (χ0) is 21.4. The summed E-state index contributed by atoms with van der Waals surface area (Å²) in [5.41, 5.74) is -1.10. The third-order valence-electron chi connectivity index (χ3n) is 7.19. The fraction of sp³-hybridized carbons (Fsp3) is 0.652. The number of carbonyl (C=O) groups is 2. The van der Waals surface area contributed by atoms with Crippen molar-refractivity contribution < 1.29 is 22.8 Å². The van der Waals surface area contributed by atoms with Crippen molar-refractivity contribution in [1.29, 1.82) is 0 Å². The van der Waals surface area contributed by atoms with Crippen LogP contribution >= 0.6 is 0 Å². The lowest BCUT2D eigenvalue weighted by Crippen LogP contribution is -2.55. The van der Waals surface area contributed by atoms with Crippen LogP contribution in [0.1, 0.15) is 62.5 Å². The van der Waals surface area contributed by atoms with E-state index in [0.29, 0.717) is 44.6 Å². The zero-order valence-corrected chi connectivity index (χ0v) is 17.2. The Hall–Kier alpha value is -2.05. The lowest BCUT2D eigenvalue weighted by molar-refractivity contribution is -0.145. The van der Waals surface area contributed by atoms with E-state index < -0.39 is 17.2 Å². The number of hydrogen-bond acceptors (Lipinski definition) is 2. The first kappa shape index (κ1) is 21.2. The van der Waals surface area contributed by atoms with Gasteiger partial charge < -0.3 is 9.80 Å². The largest absolute Gasteiger partial charge is 0.416 e. The van der Waals surface area contributed by atoms with E-state index >= 15 is 0 Å².